The smallest absolute Gasteiger partial charge is 0.338 e. The van der Waals surface area contributed by atoms with E-state index in [0.717, 1.165) is 0 Å². The molecule has 0 aliphatic heterocycles. The lowest BCUT2D eigenvalue weighted by molar-refractivity contribution is 0.0601. The standard InChI is InChI=1S/C16H17NO5/c1-21-15(19)11-5-3-4-10-9(13(17)8-18)6-7-12(14(10)11)16(20)22-2/h3-7,13,18H,8,17H2,1-2H3/t13-/m0/s1. The van der Waals surface area contributed by atoms with Crippen LogP contribution in [-0.4, -0.2) is 37.9 Å². The van der Waals surface area contributed by atoms with Gasteiger partial charge in [-0.3, -0.25) is 0 Å². The van der Waals surface area contributed by atoms with Crippen LogP contribution in [0.25, 0.3) is 10.8 Å². The van der Waals surface area contributed by atoms with Gasteiger partial charge in [0.25, 0.3) is 0 Å². The highest BCUT2D eigenvalue weighted by molar-refractivity contribution is 6.14. The number of hydrogen-bond donors (Lipinski definition) is 2. The summed E-state index contributed by atoms with van der Waals surface area (Å²) in [5, 5.41) is 10.3. The maximum atomic E-state index is 12.0. The summed E-state index contributed by atoms with van der Waals surface area (Å²) in [7, 11) is 2.53. The van der Waals surface area contributed by atoms with Crippen LogP contribution in [0, 0.1) is 0 Å². The predicted octanol–water partition coefficient (Wildman–Crippen LogP) is 1.41. The molecule has 0 unspecified atom stereocenters. The number of benzene rings is 2. The number of aliphatic hydroxyl groups is 1. The first kappa shape index (κ1) is 15.9. The number of fused-ring (bicyclic) bond motifs is 1. The first-order valence-corrected chi connectivity index (χ1v) is 6.63. The van der Waals surface area contributed by atoms with Gasteiger partial charge in [0.15, 0.2) is 0 Å². The van der Waals surface area contributed by atoms with Crippen LogP contribution in [0.1, 0.15) is 32.3 Å². The second-order valence-electron chi connectivity index (χ2n) is 4.70. The van der Waals surface area contributed by atoms with Crippen molar-refractivity contribution in [2.75, 3.05) is 20.8 Å². The zero-order chi connectivity index (χ0) is 16.3. The molecule has 22 heavy (non-hydrogen) atoms. The van der Waals surface area contributed by atoms with Crippen molar-refractivity contribution >= 4 is 22.7 Å². The largest absolute Gasteiger partial charge is 0.465 e. The molecule has 0 aliphatic rings. The minimum atomic E-state index is -0.623. The molecule has 0 saturated heterocycles. The molecule has 6 nitrogen and oxygen atoms in total. The predicted molar refractivity (Wildman–Crippen MR) is 80.6 cm³/mol. The third-order valence-electron chi connectivity index (χ3n) is 3.48. The molecule has 116 valence electrons. The van der Waals surface area contributed by atoms with E-state index in [1.54, 1.807) is 24.3 Å². The quantitative estimate of drug-likeness (QED) is 0.828. The molecule has 6 heteroatoms. The summed E-state index contributed by atoms with van der Waals surface area (Å²) in [6.45, 7) is -0.255. The average molecular weight is 303 g/mol. The summed E-state index contributed by atoms with van der Waals surface area (Å²) >= 11 is 0. The molecule has 0 heterocycles. The van der Waals surface area contributed by atoms with Crippen LogP contribution < -0.4 is 5.73 Å². The van der Waals surface area contributed by atoms with Gasteiger partial charge in [-0.15, -0.1) is 0 Å². The summed E-state index contributed by atoms with van der Waals surface area (Å²) in [5.41, 5.74) is 7.02. The number of carbonyl (C=O) groups is 2. The molecule has 0 spiro atoms. The summed E-state index contributed by atoms with van der Waals surface area (Å²) in [5.74, 6) is -1.13. The molecule has 0 saturated carbocycles. The van der Waals surface area contributed by atoms with Gasteiger partial charge in [0.2, 0.25) is 0 Å². The van der Waals surface area contributed by atoms with E-state index in [9.17, 15) is 14.7 Å². The van der Waals surface area contributed by atoms with Gasteiger partial charge in [-0.1, -0.05) is 18.2 Å². The van der Waals surface area contributed by atoms with Gasteiger partial charge in [-0.25, -0.2) is 9.59 Å². The molecule has 0 fully saturated rings. The molecule has 0 radical (unpaired) electrons. The second kappa shape index (κ2) is 6.55. The van der Waals surface area contributed by atoms with E-state index in [2.05, 4.69) is 0 Å². The molecule has 2 rings (SSSR count). The fourth-order valence-electron chi connectivity index (χ4n) is 2.41. The Morgan fingerprint density at radius 2 is 1.68 bits per heavy atom. The summed E-state index contributed by atoms with van der Waals surface area (Å²) in [6, 6.07) is 7.53. The zero-order valence-electron chi connectivity index (χ0n) is 12.3. The fourth-order valence-corrected chi connectivity index (χ4v) is 2.41. The van der Waals surface area contributed by atoms with E-state index >= 15 is 0 Å². The lowest BCUT2D eigenvalue weighted by Gasteiger charge is -2.16. The number of rotatable bonds is 4. The Hall–Kier alpha value is -2.44. The van der Waals surface area contributed by atoms with Gasteiger partial charge in [0, 0.05) is 5.39 Å². The van der Waals surface area contributed by atoms with Crippen molar-refractivity contribution < 1.29 is 24.2 Å². The number of methoxy groups -OCH3 is 2. The lowest BCUT2D eigenvalue weighted by atomic mass is 9.92. The third-order valence-corrected chi connectivity index (χ3v) is 3.48. The molecular formula is C16H17NO5. The van der Waals surface area contributed by atoms with Gasteiger partial charge >= 0.3 is 11.9 Å². The molecule has 1 atom stereocenters. The normalized spacial score (nSPS) is 12.0. The van der Waals surface area contributed by atoms with Gasteiger partial charge in [-0.05, 0) is 23.1 Å². The number of nitrogens with two attached hydrogens (primary N) is 1. The van der Waals surface area contributed by atoms with Gasteiger partial charge in [-0.2, -0.15) is 0 Å². The van der Waals surface area contributed by atoms with Crippen molar-refractivity contribution in [3.05, 3.63) is 47.0 Å². The van der Waals surface area contributed by atoms with Crippen molar-refractivity contribution in [2.45, 2.75) is 6.04 Å². The monoisotopic (exact) mass is 303 g/mol. The van der Waals surface area contributed by atoms with Crippen LogP contribution in [-0.2, 0) is 9.47 Å². The SMILES string of the molecule is COC(=O)c1cccc2c([C@@H](N)CO)ccc(C(=O)OC)c12. The summed E-state index contributed by atoms with van der Waals surface area (Å²) in [4.78, 5) is 24.0. The van der Waals surface area contributed by atoms with E-state index in [1.807, 2.05) is 0 Å². The number of aliphatic hydroxyl groups excluding tert-OH is 1. The van der Waals surface area contributed by atoms with E-state index in [0.29, 0.717) is 16.3 Å². The van der Waals surface area contributed by atoms with E-state index in [1.165, 1.54) is 20.3 Å². The summed E-state index contributed by atoms with van der Waals surface area (Å²) < 4.78 is 9.54. The Labute approximate surface area is 127 Å². The lowest BCUT2D eigenvalue weighted by Crippen LogP contribution is -2.16. The van der Waals surface area contributed by atoms with Crippen molar-refractivity contribution in [2.24, 2.45) is 5.73 Å². The Kier molecular flexibility index (Phi) is 4.75. The zero-order valence-corrected chi connectivity index (χ0v) is 12.3. The number of hydrogen-bond acceptors (Lipinski definition) is 6. The van der Waals surface area contributed by atoms with Gasteiger partial charge < -0.3 is 20.3 Å². The first-order chi connectivity index (χ1) is 10.5. The van der Waals surface area contributed by atoms with E-state index < -0.39 is 18.0 Å². The highest BCUT2D eigenvalue weighted by Gasteiger charge is 2.21. The van der Waals surface area contributed by atoms with Crippen molar-refractivity contribution in [1.29, 1.82) is 0 Å². The second-order valence-corrected chi connectivity index (χ2v) is 4.70. The molecule has 2 aromatic carbocycles. The van der Waals surface area contributed by atoms with E-state index in [4.69, 9.17) is 15.2 Å². The van der Waals surface area contributed by atoms with Crippen molar-refractivity contribution in [1.82, 2.24) is 0 Å². The minimum absolute atomic E-state index is 0.243. The molecular weight excluding hydrogens is 286 g/mol. The highest BCUT2D eigenvalue weighted by atomic mass is 16.5. The Morgan fingerprint density at radius 3 is 2.23 bits per heavy atom. The third kappa shape index (κ3) is 2.66. The number of carbonyl (C=O) groups excluding carboxylic acids is 2. The maximum absolute atomic E-state index is 12.0. The van der Waals surface area contributed by atoms with Crippen LogP contribution in [0.15, 0.2) is 30.3 Å². The average Bonchev–Trinajstić information content (AvgIpc) is 2.58. The van der Waals surface area contributed by atoms with Gasteiger partial charge in [0.1, 0.15) is 0 Å². The topological polar surface area (TPSA) is 98.9 Å². The highest BCUT2D eigenvalue weighted by Crippen LogP contribution is 2.30. The Bertz CT molecular complexity index is 704. The van der Waals surface area contributed by atoms with Crippen LogP contribution >= 0.6 is 0 Å². The molecule has 0 bridgehead atoms. The molecule has 2 aromatic rings. The Balaban J connectivity index is 2.87. The van der Waals surface area contributed by atoms with E-state index in [-0.39, 0.29) is 17.7 Å². The maximum Gasteiger partial charge on any atom is 0.338 e. The fraction of sp³-hybridized carbons (Fsp3) is 0.250. The van der Waals surface area contributed by atoms with Crippen molar-refractivity contribution in [3.63, 3.8) is 0 Å². The number of esters is 2. The molecule has 0 amide bonds. The molecule has 0 aliphatic carbocycles. The molecule has 0 aromatic heterocycles. The van der Waals surface area contributed by atoms with Gasteiger partial charge in [0.05, 0.1) is 38.0 Å². The first-order valence-electron chi connectivity index (χ1n) is 6.63. The van der Waals surface area contributed by atoms with Crippen molar-refractivity contribution in [3.8, 4) is 0 Å². The minimum Gasteiger partial charge on any atom is -0.465 e. The summed E-state index contributed by atoms with van der Waals surface area (Å²) in [6.07, 6.45) is 0. The van der Waals surface area contributed by atoms with Crippen LogP contribution in [0.3, 0.4) is 0 Å². The molecule has 3 N–H and O–H groups in total. The van der Waals surface area contributed by atoms with Crippen LogP contribution in [0.5, 0.6) is 0 Å². The Morgan fingerprint density at radius 1 is 1.09 bits per heavy atom. The number of ether oxygens (including phenoxy) is 2. The van der Waals surface area contributed by atoms with Crippen LogP contribution in [0.4, 0.5) is 0 Å². The van der Waals surface area contributed by atoms with Crippen LogP contribution in [0.2, 0.25) is 0 Å².